The van der Waals surface area contributed by atoms with Crippen molar-refractivity contribution < 1.29 is 18.7 Å². The van der Waals surface area contributed by atoms with E-state index < -0.39 is 5.25 Å². The summed E-state index contributed by atoms with van der Waals surface area (Å²) in [6, 6.07) is 19.2. The molecule has 2 amide bonds. The van der Waals surface area contributed by atoms with Crippen LogP contribution in [0.3, 0.4) is 0 Å². The standard InChI is InChI=1S/C25H21N3O4S/c1-15-19(26-22(32-15)16-8-4-3-5-9-16)12-13-31-23-18(21-24(29)28(2)25(30)33-21)14-17-10-6-7-11-20(17)27-23/h3-11,14,21H,12-13H2,1-2H3. The lowest BCUT2D eigenvalue weighted by Gasteiger charge is -2.14. The van der Waals surface area contributed by atoms with Gasteiger partial charge in [-0.25, -0.2) is 9.97 Å². The molecule has 1 aliphatic rings. The molecule has 7 nitrogen and oxygen atoms in total. The van der Waals surface area contributed by atoms with Crippen LogP contribution >= 0.6 is 11.8 Å². The highest BCUT2D eigenvalue weighted by Gasteiger charge is 2.40. The third kappa shape index (κ3) is 4.09. The largest absolute Gasteiger partial charge is 0.477 e. The molecule has 1 saturated heterocycles. The van der Waals surface area contributed by atoms with Gasteiger partial charge in [-0.2, -0.15) is 0 Å². The van der Waals surface area contributed by atoms with Gasteiger partial charge in [0.1, 0.15) is 11.0 Å². The fourth-order valence-electron chi connectivity index (χ4n) is 3.72. The van der Waals surface area contributed by atoms with Crippen LogP contribution in [0.25, 0.3) is 22.4 Å². The number of amides is 2. The van der Waals surface area contributed by atoms with Crippen LogP contribution < -0.4 is 4.74 Å². The van der Waals surface area contributed by atoms with Gasteiger partial charge >= 0.3 is 0 Å². The molecular formula is C25H21N3O4S. The minimum absolute atomic E-state index is 0.272. The summed E-state index contributed by atoms with van der Waals surface area (Å²) in [5.74, 6) is 1.39. The Kier molecular flexibility index (Phi) is 5.60. The lowest BCUT2D eigenvalue weighted by molar-refractivity contribution is -0.125. The second-order valence-electron chi connectivity index (χ2n) is 7.72. The summed E-state index contributed by atoms with van der Waals surface area (Å²) in [6.45, 7) is 2.18. The van der Waals surface area contributed by atoms with E-state index in [0.717, 1.165) is 44.6 Å². The maximum atomic E-state index is 12.7. The Balaban J connectivity index is 1.39. The summed E-state index contributed by atoms with van der Waals surface area (Å²) in [5.41, 5.74) is 3.08. The molecule has 2 aromatic carbocycles. The van der Waals surface area contributed by atoms with E-state index in [1.807, 2.05) is 67.6 Å². The molecule has 0 saturated carbocycles. The normalized spacial score (nSPS) is 16.1. The Labute approximate surface area is 194 Å². The fourth-order valence-corrected chi connectivity index (χ4v) is 4.72. The third-order valence-electron chi connectivity index (χ3n) is 5.54. The van der Waals surface area contributed by atoms with Gasteiger partial charge < -0.3 is 9.15 Å². The van der Waals surface area contributed by atoms with Crippen LogP contribution in [0, 0.1) is 6.92 Å². The van der Waals surface area contributed by atoms with E-state index in [9.17, 15) is 9.59 Å². The summed E-state index contributed by atoms with van der Waals surface area (Å²) in [7, 11) is 1.49. The van der Waals surface area contributed by atoms with E-state index in [2.05, 4.69) is 9.97 Å². The van der Waals surface area contributed by atoms with E-state index in [-0.39, 0.29) is 11.1 Å². The van der Waals surface area contributed by atoms with Gasteiger partial charge in [0.2, 0.25) is 17.7 Å². The van der Waals surface area contributed by atoms with Crippen LogP contribution in [-0.4, -0.2) is 39.7 Å². The zero-order chi connectivity index (χ0) is 22.9. The highest BCUT2D eigenvalue weighted by atomic mass is 32.2. The van der Waals surface area contributed by atoms with Gasteiger partial charge in [0.05, 0.1) is 17.8 Å². The number of benzene rings is 2. The zero-order valence-electron chi connectivity index (χ0n) is 18.1. The lowest BCUT2D eigenvalue weighted by Crippen LogP contribution is -2.24. The number of pyridine rings is 1. The highest BCUT2D eigenvalue weighted by molar-refractivity contribution is 8.15. The van der Waals surface area contributed by atoms with Crippen molar-refractivity contribution in [2.75, 3.05) is 13.7 Å². The van der Waals surface area contributed by atoms with Gasteiger partial charge in [-0.3, -0.25) is 14.5 Å². The number of imide groups is 1. The van der Waals surface area contributed by atoms with Crippen molar-refractivity contribution in [2.45, 2.75) is 18.6 Å². The molecule has 1 atom stereocenters. The van der Waals surface area contributed by atoms with E-state index in [0.29, 0.717) is 30.4 Å². The first-order valence-electron chi connectivity index (χ1n) is 10.5. The molecule has 1 fully saturated rings. The van der Waals surface area contributed by atoms with E-state index in [4.69, 9.17) is 9.15 Å². The number of para-hydroxylation sites is 1. The molecule has 0 aliphatic carbocycles. The summed E-state index contributed by atoms with van der Waals surface area (Å²) in [5, 5.41) is -0.0704. The number of aromatic nitrogens is 2. The Morgan fingerprint density at radius 3 is 2.58 bits per heavy atom. The first-order valence-corrected chi connectivity index (χ1v) is 11.4. The predicted octanol–water partition coefficient (Wildman–Crippen LogP) is 5.19. The Morgan fingerprint density at radius 1 is 1.06 bits per heavy atom. The number of likely N-dealkylation sites (N-methyl/N-ethyl adjacent to an activating group) is 1. The molecule has 3 heterocycles. The highest BCUT2D eigenvalue weighted by Crippen LogP contribution is 2.42. The smallest absolute Gasteiger partial charge is 0.289 e. The molecule has 5 rings (SSSR count). The molecule has 0 N–H and O–H groups in total. The summed E-state index contributed by atoms with van der Waals surface area (Å²) in [6.07, 6.45) is 0.515. The van der Waals surface area contributed by atoms with Crippen molar-refractivity contribution in [3.05, 3.63) is 77.7 Å². The quantitative estimate of drug-likeness (QED) is 0.392. The summed E-state index contributed by atoms with van der Waals surface area (Å²) < 4.78 is 11.9. The van der Waals surface area contributed by atoms with E-state index in [1.54, 1.807) is 0 Å². The van der Waals surface area contributed by atoms with Crippen molar-refractivity contribution >= 4 is 33.8 Å². The fraction of sp³-hybridized carbons (Fsp3) is 0.200. The predicted molar refractivity (Wildman–Crippen MR) is 126 cm³/mol. The van der Waals surface area contributed by atoms with Crippen LogP contribution in [0.1, 0.15) is 22.3 Å². The molecule has 0 spiro atoms. The second kappa shape index (κ2) is 8.71. The maximum absolute atomic E-state index is 12.7. The zero-order valence-corrected chi connectivity index (χ0v) is 19.0. The number of hydrogen-bond donors (Lipinski definition) is 0. The van der Waals surface area contributed by atoms with Gasteiger partial charge in [0.25, 0.3) is 5.24 Å². The number of oxazole rings is 1. The molecule has 4 aromatic rings. The van der Waals surface area contributed by atoms with Gasteiger partial charge in [-0.1, -0.05) is 36.4 Å². The van der Waals surface area contributed by atoms with Gasteiger partial charge in [-0.15, -0.1) is 0 Å². The number of fused-ring (bicyclic) bond motifs is 1. The number of hydrogen-bond acceptors (Lipinski definition) is 7. The average molecular weight is 460 g/mol. The van der Waals surface area contributed by atoms with Crippen molar-refractivity contribution in [2.24, 2.45) is 0 Å². The number of aryl methyl sites for hydroxylation is 1. The van der Waals surface area contributed by atoms with Crippen LogP contribution in [0.2, 0.25) is 0 Å². The van der Waals surface area contributed by atoms with E-state index in [1.165, 1.54) is 7.05 Å². The Morgan fingerprint density at radius 2 is 1.82 bits per heavy atom. The molecule has 0 bridgehead atoms. The SMILES string of the molecule is Cc1oc(-c2ccccc2)nc1CCOc1nc2ccccc2cc1C1SC(=O)N(C)C1=O. The molecule has 1 unspecified atom stereocenters. The average Bonchev–Trinajstić information content (AvgIpc) is 3.33. The minimum atomic E-state index is -0.673. The molecule has 8 heteroatoms. The second-order valence-corrected chi connectivity index (χ2v) is 8.78. The van der Waals surface area contributed by atoms with Crippen molar-refractivity contribution in [1.29, 1.82) is 0 Å². The van der Waals surface area contributed by atoms with Crippen LogP contribution in [0.5, 0.6) is 5.88 Å². The number of rotatable bonds is 6. The van der Waals surface area contributed by atoms with E-state index >= 15 is 0 Å². The monoisotopic (exact) mass is 459 g/mol. The van der Waals surface area contributed by atoms with Crippen LogP contribution in [-0.2, 0) is 11.2 Å². The minimum Gasteiger partial charge on any atom is -0.477 e. The molecular weight excluding hydrogens is 438 g/mol. The number of carbonyl (C=O) groups is 2. The number of ether oxygens (including phenoxy) is 1. The Bertz CT molecular complexity index is 1350. The van der Waals surface area contributed by atoms with Crippen molar-refractivity contribution in [3.8, 4) is 17.3 Å². The van der Waals surface area contributed by atoms with Crippen LogP contribution in [0.15, 0.2) is 65.1 Å². The van der Waals surface area contributed by atoms with Gasteiger partial charge in [-0.05, 0) is 43.0 Å². The first-order chi connectivity index (χ1) is 16.0. The molecule has 1 aliphatic heterocycles. The Hall–Kier alpha value is -3.65. The van der Waals surface area contributed by atoms with Crippen molar-refractivity contribution in [3.63, 3.8) is 0 Å². The van der Waals surface area contributed by atoms with Crippen LogP contribution in [0.4, 0.5) is 4.79 Å². The topological polar surface area (TPSA) is 85.5 Å². The molecule has 0 radical (unpaired) electrons. The first kappa shape index (κ1) is 21.2. The number of nitrogens with zero attached hydrogens (tertiary/aromatic N) is 3. The number of carbonyl (C=O) groups excluding carboxylic acids is 2. The summed E-state index contributed by atoms with van der Waals surface area (Å²) in [4.78, 5) is 35.2. The van der Waals surface area contributed by atoms with Crippen molar-refractivity contribution in [1.82, 2.24) is 14.9 Å². The van der Waals surface area contributed by atoms with Gasteiger partial charge in [0, 0.05) is 30.0 Å². The van der Waals surface area contributed by atoms with Gasteiger partial charge in [0.15, 0.2) is 0 Å². The lowest BCUT2D eigenvalue weighted by atomic mass is 10.1. The number of thioether (sulfide) groups is 1. The maximum Gasteiger partial charge on any atom is 0.289 e. The molecule has 2 aromatic heterocycles. The molecule has 166 valence electrons. The third-order valence-corrected chi connectivity index (χ3v) is 6.70. The molecule has 33 heavy (non-hydrogen) atoms. The summed E-state index contributed by atoms with van der Waals surface area (Å²) >= 11 is 0.981.